The third-order valence-corrected chi connectivity index (χ3v) is 3.86. The predicted molar refractivity (Wildman–Crippen MR) is 85.9 cm³/mol. The minimum absolute atomic E-state index is 0.178. The molecule has 0 amide bonds. The molecule has 112 valence electrons. The van der Waals surface area contributed by atoms with Gasteiger partial charge in [-0.15, -0.1) is 0 Å². The zero-order valence-electron chi connectivity index (χ0n) is 12.2. The summed E-state index contributed by atoms with van der Waals surface area (Å²) in [6.45, 7) is 4.91. The fraction of sp³-hybridized carbons (Fsp3) is 0.600. The molecule has 1 rings (SSSR count). The van der Waals surface area contributed by atoms with E-state index in [9.17, 15) is 10.1 Å². The fourth-order valence-corrected chi connectivity index (χ4v) is 2.61. The van der Waals surface area contributed by atoms with Crippen LogP contribution < -0.4 is 5.32 Å². The van der Waals surface area contributed by atoms with Crippen molar-refractivity contribution in [3.8, 4) is 0 Å². The Morgan fingerprint density at radius 1 is 1.30 bits per heavy atom. The molecule has 0 radical (unpaired) electrons. The molecule has 0 aromatic heterocycles. The molecule has 0 saturated carbocycles. The van der Waals surface area contributed by atoms with Crippen LogP contribution in [-0.4, -0.2) is 11.0 Å². The van der Waals surface area contributed by atoms with Crippen molar-refractivity contribution in [3.63, 3.8) is 0 Å². The summed E-state index contributed by atoms with van der Waals surface area (Å²) in [5, 5.41) is 14.5. The van der Waals surface area contributed by atoms with Crippen LogP contribution in [0.3, 0.4) is 0 Å². The van der Waals surface area contributed by atoms with Crippen molar-refractivity contribution < 1.29 is 4.92 Å². The molecule has 0 aliphatic carbocycles. The molecule has 5 heteroatoms. The molecule has 1 aromatic carbocycles. The molecule has 0 saturated heterocycles. The largest absolute Gasteiger partial charge is 0.310 e. The number of benzene rings is 1. The second-order valence-corrected chi connectivity index (χ2v) is 5.95. The predicted octanol–water partition coefficient (Wildman–Crippen LogP) is 4.81. The molecule has 0 spiro atoms. The van der Waals surface area contributed by atoms with Crippen molar-refractivity contribution in [2.45, 2.75) is 58.5 Å². The molecule has 1 unspecified atom stereocenters. The van der Waals surface area contributed by atoms with Gasteiger partial charge in [-0.3, -0.25) is 10.1 Å². The van der Waals surface area contributed by atoms with Crippen LogP contribution >= 0.6 is 15.9 Å². The van der Waals surface area contributed by atoms with Crippen molar-refractivity contribution in [3.05, 3.63) is 38.3 Å². The average molecular weight is 343 g/mol. The van der Waals surface area contributed by atoms with E-state index in [1.807, 2.05) is 12.1 Å². The molecular formula is C15H23BrN2O2. The van der Waals surface area contributed by atoms with E-state index < -0.39 is 0 Å². The van der Waals surface area contributed by atoms with Crippen molar-refractivity contribution in [2.75, 3.05) is 0 Å². The van der Waals surface area contributed by atoms with Crippen LogP contribution in [0.2, 0.25) is 0 Å². The first kappa shape index (κ1) is 17.1. The first-order valence-corrected chi connectivity index (χ1v) is 8.04. The highest BCUT2D eigenvalue weighted by Gasteiger charge is 2.15. The second kappa shape index (κ2) is 9.08. The number of rotatable bonds is 9. The summed E-state index contributed by atoms with van der Waals surface area (Å²) in [5.41, 5.74) is 0.924. The highest BCUT2D eigenvalue weighted by Crippen LogP contribution is 2.23. The van der Waals surface area contributed by atoms with Crippen LogP contribution in [0.4, 0.5) is 5.69 Å². The number of unbranched alkanes of at least 4 members (excludes halogenated alkanes) is 1. The second-order valence-electron chi connectivity index (χ2n) is 5.04. The summed E-state index contributed by atoms with van der Waals surface area (Å²) in [6, 6.07) is 5.68. The summed E-state index contributed by atoms with van der Waals surface area (Å²) in [6.07, 6.45) is 5.75. The van der Waals surface area contributed by atoms with E-state index in [-0.39, 0.29) is 10.6 Å². The molecule has 1 aromatic rings. The lowest BCUT2D eigenvalue weighted by Gasteiger charge is -2.18. The Morgan fingerprint density at radius 3 is 2.65 bits per heavy atom. The zero-order valence-corrected chi connectivity index (χ0v) is 13.8. The maximum Gasteiger partial charge on any atom is 0.275 e. The van der Waals surface area contributed by atoms with Crippen LogP contribution in [0.15, 0.2) is 22.7 Å². The molecule has 0 aliphatic heterocycles. The minimum Gasteiger partial charge on any atom is -0.310 e. The van der Waals surface area contributed by atoms with Crippen LogP contribution in [0.1, 0.15) is 51.5 Å². The number of hydrogen-bond donors (Lipinski definition) is 1. The quantitative estimate of drug-likeness (QED) is 0.517. The Balaban J connectivity index is 2.69. The highest BCUT2D eigenvalue weighted by atomic mass is 79.9. The van der Waals surface area contributed by atoms with Gasteiger partial charge in [-0.2, -0.15) is 0 Å². The van der Waals surface area contributed by atoms with E-state index >= 15 is 0 Å². The van der Waals surface area contributed by atoms with Gasteiger partial charge in [0.1, 0.15) is 0 Å². The van der Waals surface area contributed by atoms with Gasteiger partial charge in [0.05, 0.1) is 4.92 Å². The van der Waals surface area contributed by atoms with Crippen molar-refractivity contribution in [2.24, 2.45) is 0 Å². The van der Waals surface area contributed by atoms with Crippen LogP contribution in [0, 0.1) is 10.1 Å². The first-order chi connectivity index (χ1) is 9.58. The van der Waals surface area contributed by atoms with Gasteiger partial charge in [-0.05, 0) is 25.0 Å². The van der Waals surface area contributed by atoms with E-state index in [0.29, 0.717) is 12.6 Å². The van der Waals surface area contributed by atoms with Gasteiger partial charge in [0, 0.05) is 28.7 Å². The summed E-state index contributed by atoms with van der Waals surface area (Å²) in [7, 11) is 0. The maximum atomic E-state index is 11.1. The summed E-state index contributed by atoms with van der Waals surface area (Å²) in [4.78, 5) is 10.8. The average Bonchev–Trinajstić information content (AvgIpc) is 2.42. The monoisotopic (exact) mass is 342 g/mol. The normalized spacial score (nSPS) is 12.3. The van der Waals surface area contributed by atoms with Gasteiger partial charge >= 0.3 is 0 Å². The third-order valence-electron chi connectivity index (χ3n) is 3.37. The van der Waals surface area contributed by atoms with Gasteiger partial charge in [0.25, 0.3) is 5.69 Å². The Labute approximate surface area is 129 Å². The Bertz CT molecular complexity index is 438. The van der Waals surface area contributed by atoms with Gasteiger partial charge in [0.2, 0.25) is 0 Å². The summed E-state index contributed by atoms with van der Waals surface area (Å²) < 4.78 is 0.740. The van der Waals surface area contributed by atoms with E-state index in [2.05, 4.69) is 35.1 Å². The van der Waals surface area contributed by atoms with Crippen molar-refractivity contribution in [1.82, 2.24) is 5.32 Å². The molecular weight excluding hydrogens is 320 g/mol. The molecule has 4 nitrogen and oxygen atoms in total. The van der Waals surface area contributed by atoms with E-state index in [1.54, 1.807) is 6.07 Å². The van der Waals surface area contributed by atoms with Crippen molar-refractivity contribution in [1.29, 1.82) is 0 Å². The lowest BCUT2D eigenvalue weighted by Crippen LogP contribution is -2.28. The molecule has 1 atom stereocenters. The topological polar surface area (TPSA) is 55.2 Å². The molecule has 0 fully saturated rings. The van der Waals surface area contributed by atoms with E-state index in [0.717, 1.165) is 29.3 Å². The van der Waals surface area contributed by atoms with Crippen LogP contribution in [0.5, 0.6) is 0 Å². The fourth-order valence-electron chi connectivity index (χ4n) is 2.26. The summed E-state index contributed by atoms with van der Waals surface area (Å²) >= 11 is 3.28. The third kappa shape index (κ3) is 5.59. The highest BCUT2D eigenvalue weighted by molar-refractivity contribution is 9.10. The van der Waals surface area contributed by atoms with Gasteiger partial charge in [0.15, 0.2) is 0 Å². The standard InChI is InChI=1S/C15H23BrN2O2/c1-3-5-7-14(6-4-2)17-11-12-8-9-13(16)10-15(12)18(19)20/h8-10,14,17H,3-7,11H2,1-2H3. The van der Waals surface area contributed by atoms with Crippen LogP contribution in [0.25, 0.3) is 0 Å². The Kier molecular flexibility index (Phi) is 7.77. The lowest BCUT2D eigenvalue weighted by atomic mass is 10.0. The van der Waals surface area contributed by atoms with Crippen molar-refractivity contribution >= 4 is 21.6 Å². The van der Waals surface area contributed by atoms with Gasteiger partial charge in [-0.25, -0.2) is 0 Å². The van der Waals surface area contributed by atoms with E-state index in [4.69, 9.17) is 0 Å². The Morgan fingerprint density at radius 2 is 2.05 bits per heavy atom. The number of nitro groups is 1. The minimum atomic E-state index is -0.317. The smallest absolute Gasteiger partial charge is 0.275 e. The SMILES string of the molecule is CCCCC(CCC)NCc1ccc(Br)cc1[N+](=O)[O-]. The molecule has 0 heterocycles. The number of nitro benzene ring substituents is 1. The molecule has 0 aliphatic rings. The summed E-state index contributed by atoms with van der Waals surface area (Å²) in [5.74, 6) is 0. The number of halogens is 1. The van der Waals surface area contributed by atoms with E-state index in [1.165, 1.54) is 12.8 Å². The first-order valence-electron chi connectivity index (χ1n) is 7.24. The Hall–Kier alpha value is -0.940. The van der Waals surface area contributed by atoms with Gasteiger partial charge in [-0.1, -0.05) is 49.0 Å². The molecule has 20 heavy (non-hydrogen) atoms. The van der Waals surface area contributed by atoms with Gasteiger partial charge < -0.3 is 5.32 Å². The van der Waals surface area contributed by atoms with Crippen LogP contribution in [-0.2, 0) is 6.54 Å². The molecule has 1 N–H and O–H groups in total. The maximum absolute atomic E-state index is 11.1. The number of nitrogens with zero attached hydrogens (tertiary/aromatic N) is 1. The zero-order chi connectivity index (χ0) is 15.0. The number of nitrogens with one attached hydrogen (secondary N) is 1. The number of hydrogen-bond acceptors (Lipinski definition) is 3. The lowest BCUT2D eigenvalue weighted by molar-refractivity contribution is -0.385. The molecule has 0 bridgehead atoms.